The van der Waals surface area contributed by atoms with Crippen molar-refractivity contribution >= 4 is 17.2 Å². The predicted octanol–water partition coefficient (Wildman–Crippen LogP) is 1.65. The van der Waals surface area contributed by atoms with E-state index in [4.69, 9.17) is 9.84 Å². The molecule has 1 amide bonds. The highest BCUT2D eigenvalue weighted by Gasteiger charge is 2.08. The van der Waals surface area contributed by atoms with E-state index < -0.39 is 0 Å². The molecule has 0 unspecified atom stereocenters. The Morgan fingerprint density at radius 2 is 2.31 bits per heavy atom. The molecule has 0 aliphatic carbocycles. The first kappa shape index (κ1) is 13.0. The molecule has 16 heavy (non-hydrogen) atoms. The summed E-state index contributed by atoms with van der Waals surface area (Å²) in [4.78, 5) is 12.3. The molecule has 0 bridgehead atoms. The lowest BCUT2D eigenvalue weighted by Crippen LogP contribution is -2.23. The molecule has 0 spiro atoms. The van der Waals surface area contributed by atoms with Gasteiger partial charge in [0.2, 0.25) is 0 Å². The monoisotopic (exact) mass is 243 g/mol. The van der Waals surface area contributed by atoms with E-state index in [0.717, 1.165) is 25.0 Å². The Kier molecular flexibility index (Phi) is 5.88. The second-order valence-corrected chi connectivity index (χ2v) is 4.30. The van der Waals surface area contributed by atoms with Crippen LogP contribution in [-0.2, 0) is 0 Å². The zero-order chi connectivity index (χ0) is 11.8. The zero-order valence-corrected chi connectivity index (χ0v) is 10.2. The fraction of sp³-hybridized carbons (Fsp3) is 0.545. The normalized spacial score (nSPS) is 10.1. The maximum Gasteiger partial charge on any atom is 0.261 e. The highest BCUT2D eigenvalue weighted by atomic mass is 32.1. The number of rotatable bonds is 7. The Labute approximate surface area is 99.2 Å². The second kappa shape index (κ2) is 7.24. The van der Waals surface area contributed by atoms with Crippen LogP contribution in [0.1, 0.15) is 28.9 Å². The van der Waals surface area contributed by atoms with Gasteiger partial charge in [0.1, 0.15) is 5.75 Å². The van der Waals surface area contributed by atoms with Crippen LogP contribution in [0.15, 0.2) is 11.4 Å². The van der Waals surface area contributed by atoms with Gasteiger partial charge in [0, 0.05) is 24.6 Å². The van der Waals surface area contributed by atoms with Gasteiger partial charge in [-0.15, -0.1) is 11.3 Å². The van der Waals surface area contributed by atoms with Crippen molar-refractivity contribution in [3.8, 4) is 5.75 Å². The Morgan fingerprint density at radius 3 is 2.94 bits per heavy atom. The molecule has 0 saturated carbocycles. The van der Waals surface area contributed by atoms with E-state index >= 15 is 0 Å². The average Bonchev–Trinajstić information content (AvgIpc) is 2.77. The second-order valence-electron chi connectivity index (χ2n) is 3.39. The molecule has 0 aliphatic rings. The van der Waals surface area contributed by atoms with Crippen LogP contribution in [0.2, 0.25) is 0 Å². The molecule has 1 aromatic rings. The summed E-state index contributed by atoms with van der Waals surface area (Å²) in [6.45, 7) is 0.870. The minimum absolute atomic E-state index is 0.0581. The zero-order valence-electron chi connectivity index (χ0n) is 9.36. The van der Waals surface area contributed by atoms with Crippen LogP contribution in [0, 0.1) is 0 Å². The first-order valence-corrected chi connectivity index (χ1v) is 6.17. The minimum Gasteiger partial charge on any atom is -0.496 e. The van der Waals surface area contributed by atoms with Gasteiger partial charge in [0.05, 0.1) is 12.0 Å². The van der Waals surface area contributed by atoms with Crippen LogP contribution in [0.25, 0.3) is 0 Å². The lowest BCUT2D eigenvalue weighted by Gasteiger charge is -2.02. The summed E-state index contributed by atoms with van der Waals surface area (Å²) in [7, 11) is 1.58. The van der Waals surface area contributed by atoms with Crippen LogP contribution in [0.4, 0.5) is 0 Å². The molecule has 90 valence electrons. The number of aliphatic hydroxyl groups is 1. The van der Waals surface area contributed by atoms with Crippen LogP contribution in [-0.4, -0.2) is 31.3 Å². The molecular formula is C11H17NO3S. The molecule has 0 atom stereocenters. The van der Waals surface area contributed by atoms with Crippen molar-refractivity contribution in [2.45, 2.75) is 19.3 Å². The molecule has 1 rings (SSSR count). The number of hydrogen-bond acceptors (Lipinski definition) is 4. The predicted molar refractivity (Wildman–Crippen MR) is 64.1 cm³/mol. The molecule has 0 radical (unpaired) electrons. The number of ether oxygens (including phenoxy) is 1. The van der Waals surface area contributed by atoms with Crippen LogP contribution < -0.4 is 10.1 Å². The van der Waals surface area contributed by atoms with Crippen LogP contribution in [0.5, 0.6) is 5.75 Å². The van der Waals surface area contributed by atoms with Gasteiger partial charge < -0.3 is 15.2 Å². The highest BCUT2D eigenvalue weighted by Crippen LogP contribution is 2.20. The summed E-state index contributed by atoms with van der Waals surface area (Å²) in [5, 5.41) is 13.2. The average molecular weight is 243 g/mol. The van der Waals surface area contributed by atoms with Crippen molar-refractivity contribution in [3.63, 3.8) is 0 Å². The number of carbonyl (C=O) groups excluding carboxylic acids is 1. The number of unbranched alkanes of at least 4 members (excludes halogenated alkanes) is 2. The fourth-order valence-corrected chi connectivity index (χ4v) is 2.02. The lowest BCUT2D eigenvalue weighted by molar-refractivity contribution is 0.0956. The van der Waals surface area contributed by atoms with Gasteiger partial charge in [-0.3, -0.25) is 4.79 Å². The van der Waals surface area contributed by atoms with E-state index in [9.17, 15) is 4.79 Å². The molecule has 5 heteroatoms. The number of nitrogens with one attached hydrogen (secondary N) is 1. The van der Waals surface area contributed by atoms with Gasteiger partial charge in [0.15, 0.2) is 0 Å². The number of carbonyl (C=O) groups is 1. The molecule has 0 saturated heterocycles. The van der Waals surface area contributed by atoms with Gasteiger partial charge in [-0.1, -0.05) is 0 Å². The van der Waals surface area contributed by atoms with Crippen molar-refractivity contribution in [2.24, 2.45) is 0 Å². The maximum absolute atomic E-state index is 11.6. The summed E-state index contributed by atoms with van der Waals surface area (Å²) >= 11 is 1.37. The molecule has 1 heterocycles. The molecule has 0 aromatic carbocycles. The van der Waals surface area contributed by atoms with Crippen LogP contribution in [0.3, 0.4) is 0 Å². The van der Waals surface area contributed by atoms with Gasteiger partial charge in [-0.2, -0.15) is 0 Å². The number of amides is 1. The quantitative estimate of drug-likeness (QED) is 0.716. The van der Waals surface area contributed by atoms with E-state index in [2.05, 4.69) is 5.32 Å². The first-order valence-electron chi connectivity index (χ1n) is 5.29. The third kappa shape index (κ3) is 4.20. The maximum atomic E-state index is 11.6. The molecule has 0 aliphatic heterocycles. The lowest BCUT2D eigenvalue weighted by atomic mass is 10.2. The third-order valence-electron chi connectivity index (χ3n) is 2.16. The Hall–Kier alpha value is -1.07. The standard InChI is InChI=1S/C11H17NO3S/c1-15-9-7-10(16-8-9)11(14)12-5-3-2-4-6-13/h7-8,13H,2-6H2,1H3,(H,12,14). The van der Waals surface area contributed by atoms with Gasteiger partial charge in [-0.05, 0) is 19.3 Å². The SMILES string of the molecule is COc1csc(C(=O)NCCCCCO)c1. The van der Waals surface area contributed by atoms with E-state index in [1.165, 1.54) is 11.3 Å². The number of aliphatic hydroxyl groups excluding tert-OH is 1. The Balaban J connectivity index is 2.24. The van der Waals surface area contributed by atoms with Crippen molar-refractivity contribution in [1.82, 2.24) is 5.32 Å². The van der Waals surface area contributed by atoms with Gasteiger partial charge in [-0.25, -0.2) is 0 Å². The van der Waals surface area contributed by atoms with E-state index in [1.807, 2.05) is 0 Å². The van der Waals surface area contributed by atoms with E-state index in [1.54, 1.807) is 18.6 Å². The number of methoxy groups -OCH3 is 1. The molecule has 2 N–H and O–H groups in total. The summed E-state index contributed by atoms with van der Waals surface area (Å²) in [6.07, 6.45) is 2.63. The van der Waals surface area contributed by atoms with Crippen molar-refractivity contribution in [2.75, 3.05) is 20.3 Å². The highest BCUT2D eigenvalue weighted by molar-refractivity contribution is 7.12. The van der Waals surface area contributed by atoms with Crippen molar-refractivity contribution in [3.05, 3.63) is 16.3 Å². The molecular weight excluding hydrogens is 226 g/mol. The Bertz CT molecular complexity index is 325. The molecule has 1 aromatic heterocycles. The Morgan fingerprint density at radius 1 is 1.50 bits per heavy atom. The van der Waals surface area contributed by atoms with Crippen molar-refractivity contribution in [1.29, 1.82) is 0 Å². The number of thiophene rings is 1. The summed E-state index contributed by atoms with van der Waals surface area (Å²) in [5.41, 5.74) is 0. The molecule has 0 fully saturated rings. The smallest absolute Gasteiger partial charge is 0.261 e. The summed E-state index contributed by atoms with van der Waals surface area (Å²) in [5.74, 6) is 0.660. The van der Waals surface area contributed by atoms with Crippen LogP contribution >= 0.6 is 11.3 Å². The number of hydrogen-bond donors (Lipinski definition) is 2. The van der Waals surface area contributed by atoms with Gasteiger partial charge >= 0.3 is 0 Å². The minimum atomic E-state index is -0.0581. The fourth-order valence-electron chi connectivity index (χ4n) is 1.25. The summed E-state index contributed by atoms with van der Waals surface area (Å²) in [6, 6.07) is 1.73. The van der Waals surface area contributed by atoms with E-state index in [0.29, 0.717) is 11.4 Å². The largest absolute Gasteiger partial charge is 0.496 e. The first-order chi connectivity index (χ1) is 7.77. The van der Waals surface area contributed by atoms with Gasteiger partial charge in [0.25, 0.3) is 5.91 Å². The molecule has 4 nitrogen and oxygen atoms in total. The van der Waals surface area contributed by atoms with E-state index in [-0.39, 0.29) is 12.5 Å². The van der Waals surface area contributed by atoms with Crippen molar-refractivity contribution < 1.29 is 14.6 Å². The summed E-state index contributed by atoms with van der Waals surface area (Å²) < 4.78 is 5.01. The third-order valence-corrected chi connectivity index (χ3v) is 3.06. The topological polar surface area (TPSA) is 58.6 Å².